The molecule has 1 N–H and O–H groups in total. The quantitative estimate of drug-likeness (QED) is 0.415. The van der Waals surface area contributed by atoms with Crippen LogP contribution >= 0.6 is 0 Å². The molecule has 0 spiro atoms. The lowest BCUT2D eigenvalue weighted by Gasteiger charge is -2.35. The van der Waals surface area contributed by atoms with Gasteiger partial charge in [0.1, 0.15) is 17.4 Å². The van der Waals surface area contributed by atoms with E-state index in [2.05, 4.69) is 46.0 Å². The Balaban J connectivity index is 3.09. The van der Waals surface area contributed by atoms with Crippen molar-refractivity contribution in [2.45, 2.75) is 79.2 Å². The lowest BCUT2D eigenvalue weighted by Crippen LogP contribution is -2.47. The van der Waals surface area contributed by atoms with Crippen molar-refractivity contribution in [2.24, 2.45) is 11.8 Å². The molecular weight excluding hydrogens is 364 g/mol. The molecule has 5 heteroatoms. The number of unbranched alkanes of at least 4 members (excludes halogenated alkanes) is 1. The van der Waals surface area contributed by atoms with E-state index in [1.807, 2.05) is 6.92 Å². The van der Waals surface area contributed by atoms with Crippen molar-refractivity contribution in [3.8, 4) is 11.8 Å². The van der Waals surface area contributed by atoms with E-state index in [4.69, 9.17) is 9.47 Å². The molecule has 0 heterocycles. The van der Waals surface area contributed by atoms with Crippen LogP contribution in [0, 0.1) is 23.2 Å². The van der Waals surface area contributed by atoms with Gasteiger partial charge in [0.2, 0.25) is 0 Å². The Bertz CT molecular complexity index is 667. The Morgan fingerprint density at radius 1 is 1.10 bits per heavy atom. The van der Waals surface area contributed by atoms with Crippen LogP contribution in [-0.2, 0) is 9.53 Å². The van der Waals surface area contributed by atoms with Crippen molar-refractivity contribution in [1.29, 1.82) is 5.26 Å². The third-order valence-electron chi connectivity index (χ3n) is 4.59. The average Bonchev–Trinajstić information content (AvgIpc) is 2.66. The maximum absolute atomic E-state index is 13.4. The fourth-order valence-electron chi connectivity index (χ4n) is 3.46. The van der Waals surface area contributed by atoms with Crippen LogP contribution in [0.3, 0.4) is 0 Å². The van der Waals surface area contributed by atoms with Gasteiger partial charge in [0, 0.05) is 12.3 Å². The van der Waals surface area contributed by atoms with E-state index in [0.717, 1.165) is 19.3 Å². The second kappa shape index (κ2) is 12.5. The standard InChI is InChI=1S/C24H38N2O3/c1-7-9-13-28-22-11-10-21(14-20(22)17-25)26-23(27)24(15-18(3)4,16-19(5)6)29-12-8-2/h10-11,14,18-19H,7-9,12-13,15-16H2,1-6H3,(H,26,27). The molecule has 29 heavy (non-hydrogen) atoms. The van der Waals surface area contributed by atoms with Gasteiger partial charge in [-0.2, -0.15) is 5.26 Å². The fraction of sp³-hybridized carbons (Fsp3) is 0.667. The SMILES string of the molecule is CCCCOc1ccc(NC(=O)C(CC(C)C)(CC(C)C)OCCC)cc1C#N. The van der Waals surface area contributed by atoms with Gasteiger partial charge in [0.15, 0.2) is 0 Å². The molecule has 0 atom stereocenters. The van der Waals surface area contributed by atoms with Crippen LogP contribution in [0.25, 0.3) is 0 Å². The summed E-state index contributed by atoms with van der Waals surface area (Å²) < 4.78 is 11.9. The van der Waals surface area contributed by atoms with Crippen molar-refractivity contribution in [3.05, 3.63) is 23.8 Å². The van der Waals surface area contributed by atoms with E-state index < -0.39 is 5.60 Å². The summed E-state index contributed by atoms with van der Waals surface area (Å²) in [5.41, 5.74) is 0.139. The molecule has 0 aliphatic heterocycles. The Morgan fingerprint density at radius 3 is 2.28 bits per heavy atom. The number of hydrogen-bond acceptors (Lipinski definition) is 4. The van der Waals surface area contributed by atoms with Crippen molar-refractivity contribution in [1.82, 2.24) is 0 Å². The van der Waals surface area contributed by atoms with Gasteiger partial charge in [0.05, 0.1) is 12.2 Å². The molecule has 0 saturated heterocycles. The zero-order valence-electron chi connectivity index (χ0n) is 19.0. The molecular formula is C24H38N2O3. The molecule has 0 radical (unpaired) electrons. The number of rotatable bonds is 13. The number of ether oxygens (including phenoxy) is 2. The number of nitrogens with zero attached hydrogens (tertiary/aromatic N) is 1. The maximum Gasteiger partial charge on any atom is 0.256 e. The highest BCUT2D eigenvalue weighted by Crippen LogP contribution is 2.32. The van der Waals surface area contributed by atoms with Gasteiger partial charge in [-0.15, -0.1) is 0 Å². The van der Waals surface area contributed by atoms with Gasteiger partial charge < -0.3 is 14.8 Å². The van der Waals surface area contributed by atoms with Crippen molar-refractivity contribution in [3.63, 3.8) is 0 Å². The first-order valence-electron chi connectivity index (χ1n) is 10.9. The van der Waals surface area contributed by atoms with E-state index in [9.17, 15) is 10.1 Å². The van der Waals surface area contributed by atoms with E-state index >= 15 is 0 Å². The van der Waals surface area contributed by atoms with Crippen LogP contribution in [0.5, 0.6) is 5.75 Å². The minimum Gasteiger partial charge on any atom is -0.492 e. The van der Waals surface area contributed by atoms with Gasteiger partial charge in [-0.25, -0.2) is 0 Å². The second-order valence-electron chi connectivity index (χ2n) is 8.52. The summed E-state index contributed by atoms with van der Waals surface area (Å²) in [5, 5.41) is 12.5. The summed E-state index contributed by atoms with van der Waals surface area (Å²) in [6, 6.07) is 7.38. The van der Waals surface area contributed by atoms with E-state index in [0.29, 0.717) is 54.9 Å². The monoisotopic (exact) mass is 402 g/mol. The zero-order chi connectivity index (χ0) is 21.9. The summed E-state index contributed by atoms with van der Waals surface area (Å²) in [5.74, 6) is 1.05. The van der Waals surface area contributed by atoms with Crippen molar-refractivity contribution >= 4 is 11.6 Å². The summed E-state index contributed by atoms with van der Waals surface area (Å²) >= 11 is 0. The Labute approximate surface area is 176 Å². The lowest BCUT2D eigenvalue weighted by molar-refractivity contribution is -0.147. The largest absolute Gasteiger partial charge is 0.492 e. The molecule has 0 fully saturated rings. The number of anilines is 1. The number of nitrogens with one attached hydrogen (secondary N) is 1. The molecule has 1 aromatic carbocycles. The number of hydrogen-bond donors (Lipinski definition) is 1. The Hall–Kier alpha value is -2.06. The summed E-state index contributed by atoms with van der Waals surface area (Å²) in [4.78, 5) is 13.4. The topological polar surface area (TPSA) is 71.3 Å². The minimum atomic E-state index is -0.874. The zero-order valence-corrected chi connectivity index (χ0v) is 19.0. The third-order valence-corrected chi connectivity index (χ3v) is 4.59. The van der Waals surface area contributed by atoms with Crippen molar-refractivity contribution in [2.75, 3.05) is 18.5 Å². The predicted octanol–water partition coefficient (Wildman–Crippen LogP) is 5.93. The summed E-state index contributed by atoms with van der Waals surface area (Å²) in [7, 11) is 0. The normalized spacial score (nSPS) is 11.6. The molecule has 0 aliphatic carbocycles. The molecule has 1 aromatic rings. The van der Waals surface area contributed by atoms with Crippen LogP contribution in [0.4, 0.5) is 5.69 Å². The predicted molar refractivity (Wildman–Crippen MR) is 118 cm³/mol. The van der Waals surface area contributed by atoms with E-state index in [1.165, 1.54) is 0 Å². The molecule has 0 unspecified atom stereocenters. The Kier molecular flexibility index (Phi) is 10.8. The van der Waals surface area contributed by atoms with Crippen LogP contribution < -0.4 is 10.1 Å². The molecule has 0 saturated carbocycles. The van der Waals surface area contributed by atoms with Crippen LogP contribution in [0.2, 0.25) is 0 Å². The van der Waals surface area contributed by atoms with Crippen molar-refractivity contribution < 1.29 is 14.3 Å². The first-order valence-corrected chi connectivity index (χ1v) is 10.9. The molecule has 162 valence electrons. The Morgan fingerprint density at radius 2 is 1.76 bits per heavy atom. The van der Waals surface area contributed by atoms with Gasteiger partial charge in [0.25, 0.3) is 5.91 Å². The smallest absolute Gasteiger partial charge is 0.256 e. The average molecular weight is 403 g/mol. The van der Waals surface area contributed by atoms with Crippen LogP contribution in [0.15, 0.2) is 18.2 Å². The molecule has 1 amide bonds. The van der Waals surface area contributed by atoms with E-state index in [-0.39, 0.29) is 5.91 Å². The highest BCUT2D eigenvalue weighted by Gasteiger charge is 2.40. The van der Waals surface area contributed by atoms with Crippen LogP contribution in [-0.4, -0.2) is 24.7 Å². The molecule has 5 nitrogen and oxygen atoms in total. The van der Waals surface area contributed by atoms with Gasteiger partial charge in [-0.05, 0) is 55.7 Å². The van der Waals surface area contributed by atoms with E-state index in [1.54, 1.807) is 18.2 Å². The van der Waals surface area contributed by atoms with Gasteiger partial charge >= 0.3 is 0 Å². The molecule has 0 bridgehead atoms. The van der Waals surface area contributed by atoms with Gasteiger partial charge in [-0.3, -0.25) is 4.79 Å². The highest BCUT2D eigenvalue weighted by atomic mass is 16.5. The molecule has 0 aliphatic rings. The lowest BCUT2D eigenvalue weighted by atomic mass is 9.83. The first-order chi connectivity index (χ1) is 13.8. The highest BCUT2D eigenvalue weighted by molar-refractivity contribution is 5.97. The first kappa shape index (κ1) is 25.0. The van der Waals surface area contributed by atoms with Gasteiger partial charge in [-0.1, -0.05) is 48.0 Å². The third kappa shape index (κ3) is 8.06. The fourth-order valence-corrected chi connectivity index (χ4v) is 3.46. The summed E-state index contributed by atoms with van der Waals surface area (Å²) in [6.45, 7) is 13.7. The maximum atomic E-state index is 13.4. The van der Waals surface area contributed by atoms with Crippen LogP contribution in [0.1, 0.15) is 79.2 Å². The minimum absolute atomic E-state index is 0.142. The molecule has 0 aromatic heterocycles. The number of amides is 1. The number of benzene rings is 1. The number of carbonyl (C=O) groups is 1. The second-order valence-corrected chi connectivity index (χ2v) is 8.52. The number of carbonyl (C=O) groups excluding carboxylic acids is 1. The summed E-state index contributed by atoms with van der Waals surface area (Å²) in [6.07, 6.45) is 4.13. The molecule has 1 rings (SSSR count). The number of nitriles is 1.